The molecule has 152 valence electrons. The van der Waals surface area contributed by atoms with Crippen molar-refractivity contribution < 1.29 is 14.6 Å². The molecule has 0 aliphatic heterocycles. The minimum Gasteiger partial charge on any atom is -0.438 e. The molecule has 1 amide bonds. The number of carbonyl (C=O) groups excluding carboxylic acids is 1. The molecule has 3 N–H and O–H groups in total. The maximum Gasteiger partial charge on any atom is 0.256 e. The quantitative estimate of drug-likeness (QED) is 0.467. The lowest BCUT2D eigenvalue weighted by Gasteiger charge is -2.25. The van der Waals surface area contributed by atoms with E-state index in [1.165, 1.54) is 0 Å². The fraction of sp³-hybridized carbons (Fsp3) is 0.400. The van der Waals surface area contributed by atoms with Crippen molar-refractivity contribution in [1.29, 1.82) is 0 Å². The second kappa shape index (κ2) is 10.0. The van der Waals surface area contributed by atoms with Gasteiger partial charge in [-0.1, -0.05) is 11.6 Å². The van der Waals surface area contributed by atoms with Crippen LogP contribution in [0.25, 0.3) is 0 Å². The number of aliphatic hydroxyl groups excluding tert-OH is 1. The summed E-state index contributed by atoms with van der Waals surface area (Å²) in [5.74, 6) is 0.984. The van der Waals surface area contributed by atoms with Crippen LogP contribution in [0.15, 0.2) is 18.2 Å². The number of aromatic nitrogens is 1. The van der Waals surface area contributed by atoms with Gasteiger partial charge in [-0.2, -0.15) is 11.8 Å². The third-order valence-corrected chi connectivity index (χ3v) is 5.17. The summed E-state index contributed by atoms with van der Waals surface area (Å²) in [6.45, 7) is 5.89. The Hall–Kier alpha value is -1.96. The predicted octanol–water partition coefficient (Wildman–Crippen LogP) is 4.06. The zero-order chi connectivity index (χ0) is 20.8. The molecule has 0 saturated carbocycles. The molecule has 0 aliphatic carbocycles. The van der Waals surface area contributed by atoms with E-state index < -0.39 is 5.91 Å². The lowest BCUT2D eigenvalue weighted by atomic mass is 10.1. The van der Waals surface area contributed by atoms with Gasteiger partial charge in [-0.25, -0.2) is 4.98 Å². The normalized spacial score (nSPS) is 10.8. The van der Waals surface area contributed by atoms with E-state index in [-0.39, 0.29) is 18.2 Å². The van der Waals surface area contributed by atoms with Crippen LogP contribution in [0.4, 0.5) is 5.69 Å². The number of thioether (sulfide) groups is 1. The van der Waals surface area contributed by atoms with Crippen LogP contribution in [0.5, 0.6) is 11.6 Å². The maximum absolute atomic E-state index is 12.3. The number of amides is 1. The Morgan fingerprint density at radius 2 is 1.93 bits per heavy atom. The van der Waals surface area contributed by atoms with E-state index in [1.54, 1.807) is 41.8 Å². The first kappa shape index (κ1) is 22.3. The molecule has 0 aliphatic rings. The molecular formula is C20H26ClN3O3S. The smallest absolute Gasteiger partial charge is 0.256 e. The van der Waals surface area contributed by atoms with Gasteiger partial charge in [-0.15, -0.1) is 0 Å². The largest absolute Gasteiger partial charge is 0.438 e. The first-order valence-electron chi connectivity index (χ1n) is 8.89. The average molecular weight is 424 g/mol. The lowest BCUT2D eigenvalue weighted by Crippen LogP contribution is -2.29. The van der Waals surface area contributed by atoms with Crippen LogP contribution in [0.2, 0.25) is 5.02 Å². The Morgan fingerprint density at radius 1 is 1.29 bits per heavy atom. The first-order chi connectivity index (χ1) is 13.3. The van der Waals surface area contributed by atoms with Gasteiger partial charge >= 0.3 is 0 Å². The van der Waals surface area contributed by atoms with Gasteiger partial charge in [0.25, 0.3) is 5.91 Å². The summed E-state index contributed by atoms with van der Waals surface area (Å²) in [5.41, 5.74) is 8.64. The molecule has 28 heavy (non-hydrogen) atoms. The van der Waals surface area contributed by atoms with E-state index in [0.29, 0.717) is 28.7 Å². The highest BCUT2D eigenvalue weighted by atomic mass is 35.5. The van der Waals surface area contributed by atoms with Crippen LogP contribution >= 0.6 is 23.4 Å². The standard InChI is InChI=1S/C20H26ClN3O3S/c1-12-8-15(21)9-13(2)18(12)27-20-17(19(22)26)16(10-14(3)23-20)24(11-25)6-5-7-28-4/h8-10,25H,5-7,11H2,1-4H3,(H2,22,26). The van der Waals surface area contributed by atoms with Gasteiger partial charge in [0.1, 0.15) is 18.0 Å². The number of nitrogens with zero attached hydrogens (tertiary/aromatic N) is 2. The number of anilines is 1. The number of hydrogen-bond donors (Lipinski definition) is 2. The van der Waals surface area contributed by atoms with E-state index in [2.05, 4.69) is 4.98 Å². The summed E-state index contributed by atoms with van der Waals surface area (Å²) in [6, 6.07) is 5.31. The van der Waals surface area contributed by atoms with E-state index in [9.17, 15) is 9.90 Å². The first-order valence-corrected chi connectivity index (χ1v) is 10.7. The molecule has 1 aromatic heterocycles. The second-order valence-electron chi connectivity index (χ2n) is 6.55. The fourth-order valence-corrected chi connectivity index (χ4v) is 3.75. The highest BCUT2D eigenvalue weighted by Gasteiger charge is 2.23. The molecule has 0 bridgehead atoms. The topological polar surface area (TPSA) is 88.7 Å². The number of ether oxygens (including phenoxy) is 1. The van der Waals surface area contributed by atoms with Gasteiger partial charge in [0, 0.05) is 17.3 Å². The van der Waals surface area contributed by atoms with Crippen molar-refractivity contribution in [3.63, 3.8) is 0 Å². The van der Waals surface area contributed by atoms with Gasteiger partial charge in [-0.05, 0) is 68.5 Å². The van der Waals surface area contributed by atoms with Crippen LogP contribution < -0.4 is 15.4 Å². The van der Waals surface area contributed by atoms with Crippen LogP contribution in [-0.2, 0) is 0 Å². The summed E-state index contributed by atoms with van der Waals surface area (Å²) in [4.78, 5) is 18.4. The number of carbonyl (C=O) groups is 1. The Morgan fingerprint density at radius 3 is 2.46 bits per heavy atom. The third-order valence-electron chi connectivity index (χ3n) is 4.25. The zero-order valence-electron chi connectivity index (χ0n) is 16.6. The van der Waals surface area contributed by atoms with Gasteiger partial charge in [0.2, 0.25) is 5.88 Å². The maximum atomic E-state index is 12.3. The minimum atomic E-state index is -0.662. The van der Waals surface area contributed by atoms with Crippen LogP contribution in [0, 0.1) is 20.8 Å². The van der Waals surface area contributed by atoms with Gasteiger partial charge in [0.15, 0.2) is 0 Å². The number of nitrogens with two attached hydrogens (primary N) is 1. The number of primary amides is 1. The molecule has 0 radical (unpaired) electrons. The summed E-state index contributed by atoms with van der Waals surface area (Å²) < 4.78 is 6.05. The number of pyridine rings is 1. The van der Waals surface area contributed by atoms with E-state index in [0.717, 1.165) is 23.3 Å². The van der Waals surface area contributed by atoms with Gasteiger partial charge in [0.05, 0.1) is 5.69 Å². The van der Waals surface area contributed by atoms with Crippen LogP contribution in [0.1, 0.15) is 33.6 Å². The van der Waals surface area contributed by atoms with Gasteiger partial charge < -0.3 is 20.5 Å². The number of aliphatic hydroxyl groups is 1. The Balaban J connectivity index is 2.53. The van der Waals surface area contributed by atoms with Crippen molar-refractivity contribution in [2.45, 2.75) is 27.2 Å². The number of hydrogen-bond acceptors (Lipinski definition) is 6. The number of halogens is 1. The minimum absolute atomic E-state index is 0.124. The van der Waals surface area contributed by atoms with Crippen LogP contribution in [0.3, 0.4) is 0 Å². The van der Waals surface area contributed by atoms with Crippen LogP contribution in [-0.4, -0.2) is 41.3 Å². The monoisotopic (exact) mass is 423 g/mol. The Bertz CT molecular complexity index is 838. The summed E-state index contributed by atoms with van der Waals surface area (Å²) in [6.07, 6.45) is 2.88. The molecule has 0 unspecified atom stereocenters. The van der Waals surface area contributed by atoms with Crippen molar-refractivity contribution in [3.05, 3.63) is 45.6 Å². The van der Waals surface area contributed by atoms with Crippen molar-refractivity contribution in [2.24, 2.45) is 5.73 Å². The van der Waals surface area contributed by atoms with Crippen molar-refractivity contribution in [2.75, 3.05) is 30.2 Å². The number of rotatable bonds is 9. The van der Waals surface area contributed by atoms with Crippen molar-refractivity contribution >= 4 is 35.0 Å². The molecule has 1 heterocycles. The van der Waals surface area contributed by atoms with E-state index in [1.807, 2.05) is 20.1 Å². The second-order valence-corrected chi connectivity index (χ2v) is 7.97. The summed E-state index contributed by atoms with van der Waals surface area (Å²) >= 11 is 7.82. The SMILES string of the molecule is CSCCCN(CO)c1cc(C)nc(Oc2c(C)cc(Cl)cc2C)c1C(N)=O. The third kappa shape index (κ3) is 5.31. The highest BCUT2D eigenvalue weighted by molar-refractivity contribution is 7.98. The molecule has 8 heteroatoms. The lowest BCUT2D eigenvalue weighted by molar-refractivity contribution is 0.0997. The fourth-order valence-electron chi connectivity index (χ4n) is 3.00. The highest BCUT2D eigenvalue weighted by Crippen LogP contribution is 2.35. The van der Waals surface area contributed by atoms with E-state index in [4.69, 9.17) is 22.1 Å². The van der Waals surface area contributed by atoms with Crippen molar-refractivity contribution in [3.8, 4) is 11.6 Å². The van der Waals surface area contributed by atoms with E-state index >= 15 is 0 Å². The Labute approximate surface area is 175 Å². The molecule has 0 saturated heterocycles. The molecule has 0 atom stereocenters. The number of aryl methyl sites for hydroxylation is 3. The molecule has 0 spiro atoms. The average Bonchev–Trinajstić information content (AvgIpc) is 2.61. The molecule has 6 nitrogen and oxygen atoms in total. The Kier molecular flexibility index (Phi) is 7.98. The van der Waals surface area contributed by atoms with Crippen molar-refractivity contribution in [1.82, 2.24) is 4.98 Å². The molecule has 2 rings (SSSR count). The molecule has 2 aromatic rings. The summed E-state index contributed by atoms with van der Waals surface area (Å²) in [7, 11) is 0. The molecular weight excluding hydrogens is 398 g/mol. The summed E-state index contributed by atoms with van der Waals surface area (Å²) in [5, 5.41) is 10.5. The predicted molar refractivity (Wildman–Crippen MR) is 116 cm³/mol. The van der Waals surface area contributed by atoms with Gasteiger partial charge in [-0.3, -0.25) is 4.79 Å². The molecule has 1 aromatic carbocycles. The molecule has 0 fully saturated rings. The number of benzene rings is 1. The zero-order valence-corrected chi connectivity index (χ0v) is 18.2.